The molecule has 1 aromatic carbocycles. The predicted molar refractivity (Wildman–Crippen MR) is 61.7 cm³/mol. The molecule has 0 radical (unpaired) electrons. The van der Waals surface area contributed by atoms with Crippen LogP contribution in [0.25, 0.3) is 0 Å². The van der Waals surface area contributed by atoms with E-state index >= 15 is 0 Å². The number of benzene rings is 1. The van der Waals surface area contributed by atoms with Crippen molar-refractivity contribution >= 4 is 11.7 Å². The molecule has 0 spiro atoms. The van der Waals surface area contributed by atoms with Gasteiger partial charge in [0.25, 0.3) is 0 Å². The molecule has 0 saturated carbocycles. The first kappa shape index (κ1) is 14.8. The number of rotatable bonds is 4. The van der Waals surface area contributed by atoms with Gasteiger partial charge in [-0.2, -0.15) is 18.4 Å². The number of halogens is 3. The fraction of sp³-hybridized carbons (Fsp3) is 0.333. The quantitative estimate of drug-likeness (QED) is 0.914. The minimum Gasteiger partial charge on any atom is -0.481 e. The molecule has 0 heterocycles. The lowest BCUT2D eigenvalue weighted by Crippen LogP contribution is -2.22. The molecule has 0 unspecified atom stereocenters. The van der Waals surface area contributed by atoms with E-state index in [4.69, 9.17) is 10.4 Å². The van der Waals surface area contributed by atoms with Crippen LogP contribution < -0.4 is 4.90 Å². The van der Waals surface area contributed by atoms with Crippen molar-refractivity contribution < 1.29 is 23.1 Å². The highest BCUT2D eigenvalue weighted by molar-refractivity contribution is 5.68. The van der Waals surface area contributed by atoms with Gasteiger partial charge in [-0.1, -0.05) is 0 Å². The summed E-state index contributed by atoms with van der Waals surface area (Å²) in [7, 11) is 1.52. The van der Waals surface area contributed by atoms with Crippen LogP contribution in [0.1, 0.15) is 17.5 Å². The Morgan fingerprint density at radius 1 is 1.47 bits per heavy atom. The van der Waals surface area contributed by atoms with Crippen LogP contribution in [0.4, 0.5) is 18.9 Å². The maximum Gasteiger partial charge on any atom is 0.416 e. The van der Waals surface area contributed by atoms with Crippen molar-refractivity contribution in [2.75, 3.05) is 18.5 Å². The summed E-state index contributed by atoms with van der Waals surface area (Å²) in [5.74, 6) is -1.02. The zero-order valence-electron chi connectivity index (χ0n) is 10.0. The maximum absolute atomic E-state index is 12.5. The molecule has 0 fully saturated rings. The fourth-order valence-corrected chi connectivity index (χ4v) is 1.52. The van der Waals surface area contributed by atoms with E-state index in [-0.39, 0.29) is 24.2 Å². The molecular weight excluding hydrogens is 261 g/mol. The molecule has 102 valence electrons. The minimum atomic E-state index is -4.51. The number of anilines is 1. The summed E-state index contributed by atoms with van der Waals surface area (Å²) in [6.45, 7) is 0.107. The van der Waals surface area contributed by atoms with Crippen LogP contribution in [-0.2, 0) is 11.0 Å². The normalized spacial score (nSPS) is 10.9. The van der Waals surface area contributed by atoms with E-state index in [1.165, 1.54) is 18.0 Å². The largest absolute Gasteiger partial charge is 0.481 e. The van der Waals surface area contributed by atoms with Gasteiger partial charge in [-0.15, -0.1) is 0 Å². The third-order valence-electron chi connectivity index (χ3n) is 2.52. The van der Waals surface area contributed by atoms with Gasteiger partial charge >= 0.3 is 12.1 Å². The van der Waals surface area contributed by atoms with Gasteiger partial charge in [0.1, 0.15) is 6.07 Å². The topological polar surface area (TPSA) is 64.3 Å². The smallest absolute Gasteiger partial charge is 0.416 e. The van der Waals surface area contributed by atoms with E-state index in [1.807, 2.05) is 0 Å². The van der Waals surface area contributed by atoms with Crippen molar-refractivity contribution in [3.05, 3.63) is 29.3 Å². The van der Waals surface area contributed by atoms with Gasteiger partial charge in [-0.3, -0.25) is 4.79 Å². The summed E-state index contributed by atoms with van der Waals surface area (Å²) >= 11 is 0. The molecule has 0 saturated heterocycles. The van der Waals surface area contributed by atoms with E-state index in [1.54, 1.807) is 6.07 Å². The number of carboxylic acids is 1. The molecule has 0 aliphatic rings. The van der Waals surface area contributed by atoms with Gasteiger partial charge in [-0.25, -0.2) is 0 Å². The zero-order valence-corrected chi connectivity index (χ0v) is 10.0. The minimum absolute atomic E-state index is 0.107. The second-order valence-electron chi connectivity index (χ2n) is 3.91. The van der Waals surface area contributed by atoms with Gasteiger partial charge in [0, 0.05) is 13.6 Å². The standard InChI is InChI=1S/C12H11F3N2O2/c1-17(5-4-11(18)19)10-3-2-9(12(13,14)15)6-8(10)7-16/h2-3,6H,4-5H2,1H3,(H,18,19). The van der Waals surface area contributed by atoms with Crippen LogP contribution >= 0.6 is 0 Å². The van der Waals surface area contributed by atoms with E-state index in [9.17, 15) is 18.0 Å². The lowest BCUT2D eigenvalue weighted by atomic mass is 10.1. The molecule has 7 heteroatoms. The summed E-state index contributed by atoms with van der Waals surface area (Å²) in [5.41, 5.74) is -0.765. The SMILES string of the molecule is CN(CCC(=O)O)c1ccc(C(F)(F)F)cc1C#N. The third kappa shape index (κ3) is 3.88. The summed E-state index contributed by atoms with van der Waals surface area (Å²) in [6.07, 6.45) is -4.67. The molecule has 1 rings (SSSR count). The highest BCUT2D eigenvalue weighted by Crippen LogP contribution is 2.32. The lowest BCUT2D eigenvalue weighted by Gasteiger charge is -2.20. The molecular formula is C12H11F3N2O2. The maximum atomic E-state index is 12.5. The number of hydrogen-bond donors (Lipinski definition) is 1. The number of nitriles is 1. The molecule has 0 atom stereocenters. The first-order chi connectivity index (χ1) is 8.75. The van der Waals surface area contributed by atoms with Crippen LogP contribution in [-0.4, -0.2) is 24.7 Å². The lowest BCUT2D eigenvalue weighted by molar-refractivity contribution is -0.138. The summed E-state index contributed by atoms with van der Waals surface area (Å²) < 4.78 is 37.5. The van der Waals surface area contributed by atoms with Crippen LogP contribution in [0.5, 0.6) is 0 Å². The van der Waals surface area contributed by atoms with Gasteiger partial charge in [-0.05, 0) is 18.2 Å². The van der Waals surface area contributed by atoms with Crippen molar-refractivity contribution in [2.24, 2.45) is 0 Å². The number of carbonyl (C=O) groups is 1. The van der Waals surface area contributed by atoms with Crippen molar-refractivity contribution in [3.8, 4) is 6.07 Å². The molecule has 1 N–H and O–H groups in total. The Hall–Kier alpha value is -2.23. The summed E-state index contributed by atoms with van der Waals surface area (Å²) in [6, 6.07) is 4.48. The van der Waals surface area contributed by atoms with Crippen LogP contribution in [0.15, 0.2) is 18.2 Å². The molecule has 1 aromatic rings. The Kier molecular flexibility index (Phi) is 4.38. The Morgan fingerprint density at radius 2 is 2.11 bits per heavy atom. The van der Waals surface area contributed by atoms with Crippen LogP contribution in [0.3, 0.4) is 0 Å². The Morgan fingerprint density at radius 3 is 2.58 bits per heavy atom. The number of nitrogens with zero attached hydrogens (tertiary/aromatic N) is 2. The van der Waals surface area contributed by atoms with Gasteiger partial charge in [0.15, 0.2) is 0 Å². The Balaban J connectivity index is 3.03. The Bertz CT molecular complexity index is 521. The number of aliphatic carboxylic acids is 1. The number of alkyl halides is 3. The highest BCUT2D eigenvalue weighted by atomic mass is 19.4. The molecule has 19 heavy (non-hydrogen) atoms. The molecule has 0 aromatic heterocycles. The molecule has 4 nitrogen and oxygen atoms in total. The highest BCUT2D eigenvalue weighted by Gasteiger charge is 2.31. The molecule has 0 bridgehead atoms. The molecule has 0 aliphatic carbocycles. The van der Waals surface area contributed by atoms with E-state index < -0.39 is 17.7 Å². The van der Waals surface area contributed by atoms with Crippen LogP contribution in [0, 0.1) is 11.3 Å². The Labute approximate surface area is 107 Å². The van der Waals surface area contributed by atoms with E-state index in [2.05, 4.69) is 0 Å². The van der Waals surface area contributed by atoms with Crippen molar-refractivity contribution in [1.82, 2.24) is 0 Å². The average Bonchev–Trinajstić information content (AvgIpc) is 2.33. The third-order valence-corrected chi connectivity index (χ3v) is 2.52. The van der Waals surface area contributed by atoms with Gasteiger partial charge in [0.2, 0.25) is 0 Å². The molecule has 0 aliphatic heterocycles. The number of carboxylic acid groups (broad SMARTS) is 1. The van der Waals surface area contributed by atoms with Crippen molar-refractivity contribution in [2.45, 2.75) is 12.6 Å². The van der Waals surface area contributed by atoms with Crippen molar-refractivity contribution in [1.29, 1.82) is 5.26 Å². The zero-order chi connectivity index (χ0) is 14.6. The summed E-state index contributed by atoms with van der Waals surface area (Å²) in [4.78, 5) is 11.9. The van der Waals surface area contributed by atoms with Crippen LogP contribution in [0.2, 0.25) is 0 Å². The second kappa shape index (κ2) is 5.61. The fourth-order valence-electron chi connectivity index (χ4n) is 1.52. The predicted octanol–water partition coefficient (Wildman–Crippen LogP) is 2.49. The van der Waals surface area contributed by atoms with E-state index in [0.717, 1.165) is 12.1 Å². The first-order valence-corrected chi connectivity index (χ1v) is 5.30. The average molecular weight is 272 g/mol. The second-order valence-corrected chi connectivity index (χ2v) is 3.91. The van der Waals surface area contributed by atoms with Gasteiger partial charge < -0.3 is 10.0 Å². The monoisotopic (exact) mass is 272 g/mol. The van der Waals surface area contributed by atoms with Crippen molar-refractivity contribution in [3.63, 3.8) is 0 Å². The van der Waals surface area contributed by atoms with E-state index in [0.29, 0.717) is 0 Å². The number of hydrogen-bond acceptors (Lipinski definition) is 3. The summed E-state index contributed by atoms with van der Waals surface area (Å²) in [5, 5.41) is 17.4. The van der Waals surface area contributed by atoms with Gasteiger partial charge in [0.05, 0.1) is 23.2 Å². The molecule has 0 amide bonds. The first-order valence-electron chi connectivity index (χ1n) is 5.30.